The fourth-order valence-corrected chi connectivity index (χ4v) is 2.33. The Morgan fingerprint density at radius 3 is 2.32 bits per heavy atom. The highest BCUT2D eigenvalue weighted by molar-refractivity contribution is 8.02. The summed E-state index contributed by atoms with van der Waals surface area (Å²) >= 11 is 1.36. The highest BCUT2D eigenvalue weighted by Crippen LogP contribution is 2.25. The number of hydrogen-bond donors (Lipinski definition) is 0. The Kier molecular flexibility index (Phi) is 4.36. The minimum absolute atomic E-state index is 0.117. The molecular weight excluding hydrogens is 258 g/mol. The van der Waals surface area contributed by atoms with Gasteiger partial charge in [0.2, 0.25) is 0 Å². The van der Waals surface area contributed by atoms with Crippen LogP contribution in [0.25, 0.3) is 5.70 Å². The summed E-state index contributed by atoms with van der Waals surface area (Å²) in [5, 5.41) is 12.7. The molecule has 0 aliphatic heterocycles. The molecule has 0 atom stereocenters. The Morgan fingerprint density at radius 2 is 1.74 bits per heavy atom. The van der Waals surface area contributed by atoms with E-state index in [0.29, 0.717) is 5.56 Å². The highest BCUT2D eigenvalue weighted by atomic mass is 32.2. The largest absolute Gasteiger partial charge is 0.283 e. The third-order valence-corrected chi connectivity index (χ3v) is 3.48. The molecule has 19 heavy (non-hydrogen) atoms. The van der Waals surface area contributed by atoms with Crippen molar-refractivity contribution in [3.63, 3.8) is 0 Å². The molecule has 0 N–H and O–H groups in total. The van der Waals surface area contributed by atoms with Crippen LogP contribution in [-0.2, 0) is 0 Å². The zero-order chi connectivity index (χ0) is 13.7. The predicted octanol–water partition coefficient (Wildman–Crippen LogP) is 4.36. The maximum atomic E-state index is 11.1. The zero-order valence-electron chi connectivity index (χ0n) is 10.4. The summed E-state index contributed by atoms with van der Waals surface area (Å²) < 4.78 is 0. The van der Waals surface area contributed by atoms with E-state index in [1.165, 1.54) is 17.3 Å². The monoisotopic (exact) mass is 271 g/mol. The molecule has 0 heterocycles. The van der Waals surface area contributed by atoms with E-state index in [1.54, 1.807) is 29.7 Å². The van der Waals surface area contributed by atoms with Gasteiger partial charge in [0, 0.05) is 4.90 Å². The van der Waals surface area contributed by atoms with E-state index in [2.05, 4.69) is 0 Å². The summed E-state index contributed by atoms with van der Waals surface area (Å²) in [5.41, 5.74) is 1.91. The molecule has 0 radical (unpaired) electrons. The van der Waals surface area contributed by atoms with Gasteiger partial charge in [0.05, 0.1) is 15.9 Å². The number of aryl methyl sites for hydroxylation is 1. The number of hydrogen-bond acceptors (Lipinski definition) is 3. The van der Waals surface area contributed by atoms with Gasteiger partial charge < -0.3 is 0 Å². The second kappa shape index (κ2) is 6.20. The van der Waals surface area contributed by atoms with Crippen molar-refractivity contribution in [3.8, 4) is 0 Å². The third kappa shape index (κ3) is 3.69. The van der Waals surface area contributed by atoms with Crippen LogP contribution < -0.4 is 0 Å². The van der Waals surface area contributed by atoms with Gasteiger partial charge in [0.1, 0.15) is 0 Å². The van der Waals surface area contributed by atoms with Gasteiger partial charge >= 0.3 is 0 Å². The van der Waals surface area contributed by atoms with Crippen LogP contribution >= 0.6 is 11.8 Å². The molecule has 96 valence electrons. The lowest BCUT2D eigenvalue weighted by molar-refractivity contribution is -0.375. The quantitative estimate of drug-likeness (QED) is 0.471. The molecule has 3 nitrogen and oxygen atoms in total. The van der Waals surface area contributed by atoms with Crippen LogP contribution in [0.4, 0.5) is 0 Å². The maximum absolute atomic E-state index is 11.1. The third-order valence-electron chi connectivity index (χ3n) is 2.59. The van der Waals surface area contributed by atoms with E-state index < -0.39 is 0 Å². The van der Waals surface area contributed by atoms with Crippen LogP contribution in [0.15, 0.2) is 64.9 Å². The zero-order valence-corrected chi connectivity index (χ0v) is 11.3. The second-order valence-electron chi connectivity index (χ2n) is 4.06. The first kappa shape index (κ1) is 13.4. The van der Waals surface area contributed by atoms with Crippen molar-refractivity contribution in [2.45, 2.75) is 11.8 Å². The first-order valence-corrected chi connectivity index (χ1v) is 6.68. The Labute approximate surface area is 116 Å². The smallest absolute Gasteiger partial charge is 0.258 e. The lowest BCUT2D eigenvalue weighted by Crippen LogP contribution is -1.96. The molecular formula is C15H13NO2S. The van der Waals surface area contributed by atoms with Crippen LogP contribution in [0.1, 0.15) is 11.1 Å². The van der Waals surface area contributed by atoms with Gasteiger partial charge in [-0.3, -0.25) is 10.1 Å². The molecule has 0 aliphatic rings. The first-order chi connectivity index (χ1) is 9.16. The molecule has 0 aliphatic carbocycles. The lowest BCUT2D eigenvalue weighted by atomic mass is 10.2. The van der Waals surface area contributed by atoms with Gasteiger partial charge in [-0.25, -0.2) is 0 Å². The van der Waals surface area contributed by atoms with Crippen LogP contribution in [0.5, 0.6) is 0 Å². The minimum atomic E-state index is -0.351. The number of nitro groups is 1. The molecule has 0 unspecified atom stereocenters. The minimum Gasteiger partial charge on any atom is -0.258 e. The van der Waals surface area contributed by atoms with Gasteiger partial charge in [-0.2, -0.15) is 0 Å². The van der Waals surface area contributed by atoms with Crippen LogP contribution in [0, 0.1) is 17.0 Å². The molecule has 0 aromatic heterocycles. The average molecular weight is 271 g/mol. The van der Waals surface area contributed by atoms with Gasteiger partial charge in [-0.05, 0) is 31.2 Å². The van der Waals surface area contributed by atoms with E-state index in [4.69, 9.17) is 0 Å². The molecule has 0 amide bonds. The Hall–Kier alpha value is -2.07. The van der Waals surface area contributed by atoms with Crippen LogP contribution in [0.2, 0.25) is 0 Å². The Balaban J connectivity index is 2.23. The molecule has 0 fully saturated rings. The van der Waals surface area contributed by atoms with E-state index in [0.717, 1.165) is 4.90 Å². The number of rotatable bonds is 4. The van der Waals surface area contributed by atoms with Crippen LogP contribution in [-0.4, -0.2) is 4.92 Å². The summed E-state index contributed by atoms with van der Waals surface area (Å²) in [4.78, 5) is 11.7. The summed E-state index contributed by atoms with van der Waals surface area (Å²) in [6, 6.07) is 16.8. The fraction of sp³-hybridized carbons (Fsp3) is 0.0667. The Morgan fingerprint density at radius 1 is 1.11 bits per heavy atom. The van der Waals surface area contributed by atoms with E-state index in [-0.39, 0.29) is 10.6 Å². The molecule has 0 spiro atoms. The summed E-state index contributed by atoms with van der Waals surface area (Å²) in [6.45, 7) is 2.01. The highest BCUT2D eigenvalue weighted by Gasteiger charge is 2.13. The fourth-order valence-electron chi connectivity index (χ4n) is 1.57. The van der Waals surface area contributed by atoms with Crippen molar-refractivity contribution in [2.75, 3.05) is 0 Å². The van der Waals surface area contributed by atoms with Gasteiger partial charge in [-0.1, -0.05) is 47.7 Å². The van der Waals surface area contributed by atoms with Gasteiger partial charge in [-0.15, -0.1) is 0 Å². The standard InChI is InChI=1S/C15H13NO2S/c1-12-7-9-14(10-8-12)19-11-15(16(17)18)13-5-3-2-4-6-13/h2-11H,1H3. The first-order valence-electron chi connectivity index (χ1n) is 5.80. The average Bonchev–Trinajstić information content (AvgIpc) is 2.42. The SMILES string of the molecule is Cc1ccc(SC=C(c2ccccc2)[N+](=O)[O-])cc1. The van der Waals surface area contributed by atoms with Crippen molar-refractivity contribution in [1.82, 2.24) is 0 Å². The van der Waals surface area contributed by atoms with Gasteiger partial charge in [0.25, 0.3) is 5.70 Å². The molecule has 2 rings (SSSR count). The van der Waals surface area contributed by atoms with E-state index >= 15 is 0 Å². The summed E-state index contributed by atoms with van der Waals surface area (Å²) in [7, 11) is 0. The molecule has 0 saturated carbocycles. The summed E-state index contributed by atoms with van der Waals surface area (Å²) in [5.74, 6) is 0. The predicted molar refractivity (Wildman–Crippen MR) is 78.4 cm³/mol. The molecule has 4 heteroatoms. The number of benzene rings is 2. The molecule has 0 saturated heterocycles. The summed E-state index contributed by atoms with van der Waals surface area (Å²) in [6.07, 6.45) is 0. The molecule has 0 bridgehead atoms. The van der Waals surface area contributed by atoms with E-state index in [9.17, 15) is 10.1 Å². The van der Waals surface area contributed by atoms with Crippen LogP contribution in [0.3, 0.4) is 0 Å². The van der Waals surface area contributed by atoms with Crippen molar-refractivity contribution < 1.29 is 4.92 Å². The second-order valence-corrected chi connectivity index (χ2v) is 5.00. The van der Waals surface area contributed by atoms with Crippen molar-refractivity contribution >= 4 is 17.5 Å². The molecule has 2 aromatic carbocycles. The molecule has 2 aromatic rings. The van der Waals surface area contributed by atoms with Crippen molar-refractivity contribution in [3.05, 3.63) is 81.2 Å². The number of thioether (sulfide) groups is 1. The van der Waals surface area contributed by atoms with Crippen molar-refractivity contribution in [1.29, 1.82) is 0 Å². The number of nitrogens with zero attached hydrogens (tertiary/aromatic N) is 1. The normalized spacial score (nSPS) is 11.3. The Bertz CT molecular complexity index is 591. The maximum Gasteiger partial charge on any atom is 0.283 e. The van der Waals surface area contributed by atoms with Crippen molar-refractivity contribution in [2.24, 2.45) is 0 Å². The van der Waals surface area contributed by atoms with Gasteiger partial charge in [0.15, 0.2) is 0 Å². The van der Waals surface area contributed by atoms with E-state index in [1.807, 2.05) is 37.3 Å². The lowest BCUT2D eigenvalue weighted by Gasteiger charge is -2.00. The topological polar surface area (TPSA) is 43.1 Å².